The molecule has 0 bridgehead atoms. The van der Waals surface area contributed by atoms with Gasteiger partial charge >= 0.3 is 0 Å². The second kappa shape index (κ2) is 13.0. The zero-order valence-corrected chi connectivity index (χ0v) is 31.5. The fraction of sp³-hybridized carbons (Fsp3) is 0.265. The van der Waals surface area contributed by atoms with Crippen LogP contribution in [0.4, 0.5) is 0 Å². The molecule has 7 aromatic rings. The fourth-order valence-corrected chi connectivity index (χ4v) is 10.3. The number of allylic oxidation sites excluding steroid dienone is 1. The predicted octanol–water partition coefficient (Wildman–Crippen LogP) is 11.7. The van der Waals surface area contributed by atoms with Crippen molar-refractivity contribution in [3.63, 3.8) is 0 Å². The van der Waals surface area contributed by atoms with E-state index in [4.69, 9.17) is 18.9 Å². The Morgan fingerprint density at radius 3 is 1.72 bits per heavy atom. The average Bonchev–Trinajstić information content (AvgIpc) is 3.24. The van der Waals surface area contributed by atoms with Gasteiger partial charge in [-0.1, -0.05) is 72.8 Å². The maximum absolute atomic E-state index is 6.03. The largest absolute Gasteiger partial charge is 0.496 e. The van der Waals surface area contributed by atoms with Gasteiger partial charge < -0.3 is 23.8 Å². The zero-order valence-electron chi connectivity index (χ0n) is 31.5. The van der Waals surface area contributed by atoms with Gasteiger partial charge in [0.1, 0.15) is 23.0 Å². The number of ether oxygens (including phenoxy) is 4. The van der Waals surface area contributed by atoms with Crippen LogP contribution in [-0.2, 0) is 19.4 Å². The van der Waals surface area contributed by atoms with Crippen LogP contribution in [0, 0.1) is 0 Å². The molecule has 54 heavy (non-hydrogen) atoms. The molecule has 1 heterocycles. The third kappa shape index (κ3) is 4.90. The summed E-state index contributed by atoms with van der Waals surface area (Å²) in [6, 6.07) is 36.1. The molecule has 0 saturated heterocycles. The lowest BCUT2D eigenvalue weighted by molar-refractivity contribution is 0.242. The molecule has 10 rings (SSSR count). The molecule has 2 unspecified atom stereocenters. The van der Waals surface area contributed by atoms with Gasteiger partial charge in [-0.05, 0) is 134 Å². The molecular formula is C49H45NO4. The fourth-order valence-electron chi connectivity index (χ4n) is 10.3. The molecule has 0 aromatic heterocycles. The molecule has 2 atom stereocenters. The van der Waals surface area contributed by atoms with Crippen molar-refractivity contribution in [1.29, 1.82) is 0 Å². The normalized spacial score (nSPS) is 17.9. The van der Waals surface area contributed by atoms with Crippen molar-refractivity contribution >= 4 is 48.7 Å². The standard InChI is InChI=1S/C49H45NO4/c1-51-44-19-9-16-38-35-22-21-34-31(40(35)25-46(53-3)48(38)44)13-7-14-32(34)42-28-50(27-29-11-5-6-12-30(29)42)43-18-8-15-33-37(43)24-23-36-39-17-10-20-45(52-2)49(39)47(54-4)26-41(33)36/h5-6,9-12,16-17,19-26,28,32,43H,7-8,13-15,18,27H2,1-4H3. The van der Waals surface area contributed by atoms with Gasteiger partial charge in [-0.2, -0.15) is 0 Å². The van der Waals surface area contributed by atoms with E-state index in [1.165, 1.54) is 71.3 Å². The summed E-state index contributed by atoms with van der Waals surface area (Å²) in [4.78, 5) is 2.67. The third-order valence-electron chi connectivity index (χ3n) is 12.7. The van der Waals surface area contributed by atoms with Gasteiger partial charge in [0.25, 0.3) is 0 Å². The lowest BCUT2D eigenvalue weighted by Crippen LogP contribution is -2.30. The molecule has 0 spiro atoms. The van der Waals surface area contributed by atoms with Crippen molar-refractivity contribution in [1.82, 2.24) is 4.90 Å². The van der Waals surface area contributed by atoms with Crippen LogP contribution in [-0.4, -0.2) is 33.3 Å². The summed E-state index contributed by atoms with van der Waals surface area (Å²) in [5.74, 6) is 3.73. The van der Waals surface area contributed by atoms with Crippen LogP contribution in [0.3, 0.4) is 0 Å². The molecule has 0 fully saturated rings. The summed E-state index contributed by atoms with van der Waals surface area (Å²) < 4.78 is 23.6. The van der Waals surface area contributed by atoms with E-state index in [-0.39, 0.29) is 0 Å². The first-order valence-corrected chi connectivity index (χ1v) is 19.4. The van der Waals surface area contributed by atoms with Crippen molar-refractivity contribution in [3.8, 4) is 23.0 Å². The minimum atomic E-state index is 0.291. The molecule has 0 amide bonds. The quantitative estimate of drug-likeness (QED) is 0.161. The van der Waals surface area contributed by atoms with Crippen LogP contribution in [0.1, 0.15) is 71.0 Å². The second-order valence-corrected chi connectivity index (χ2v) is 15.1. The van der Waals surface area contributed by atoms with Gasteiger partial charge in [0.15, 0.2) is 0 Å². The Morgan fingerprint density at radius 2 is 1.09 bits per heavy atom. The van der Waals surface area contributed by atoms with E-state index < -0.39 is 0 Å². The summed E-state index contributed by atoms with van der Waals surface area (Å²) in [5.41, 5.74) is 10.0. The third-order valence-corrected chi connectivity index (χ3v) is 12.7. The highest BCUT2D eigenvalue weighted by atomic mass is 16.5. The number of benzene rings is 7. The molecule has 270 valence electrons. The topological polar surface area (TPSA) is 40.2 Å². The highest BCUT2D eigenvalue weighted by molar-refractivity contribution is 6.14. The highest BCUT2D eigenvalue weighted by Gasteiger charge is 2.34. The van der Waals surface area contributed by atoms with Crippen molar-refractivity contribution < 1.29 is 18.9 Å². The molecule has 1 aliphatic heterocycles. The molecule has 0 saturated carbocycles. The summed E-state index contributed by atoms with van der Waals surface area (Å²) in [7, 11) is 7.01. The number of methoxy groups -OCH3 is 4. The monoisotopic (exact) mass is 711 g/mol. The Morgan fingerprint density at radius 1 is 0.519 bits per heavy atom. The van der Waals surface area contributed by atoms with E-state index >= 15 is 0 Å². The number of aryl methyl sites for hydroxylation is 2. The van der Waals surface area contributed by atoms with E-state index in [1.807, 2.05) is 12.1 Å². The number of hydrogen-bond acceptors (Lipinski definition) is 5. The van der Waals surface area contributed by atoms with E-state index in [0.29, 0.717) is 12.0 Å². The minimum Gasteiger partial charge on any atom is -0.496 e. The van der Waals surface area contributed by atoms with Crippen LogP contribution in [0.2, 0.25) is 0 Å². The average molecular weight is 712 g/mol. The molecule has 7 aromatic carbocycles. The van der Waals surface area contributed by atoms with Gasteiger partial charge in [0, 0.05) is 18.7 Å². The highest BCUT2D eigenvalue weighted by Crippen LogP contribution is 2.50. The van der Waals surface area contributed by atoms with Gasteiger partial charge in [-0.3, -0.25) is 0 Å². The van der Waals surface area contributed by atoms with Gasteiger partial charge in [0.05, 0.1) is 45.3 Å². The Hall–Kier alpha value is -5.68. The lowest BCUT2D eigenvalue weighted by Gasteiger charge is -2.41. The van der Waals surface area contributed by atoms with Gasteiger partial charge in [-0.15, -0.1) is 0 Å². The SMILES string of the molecule is COc1cccc2c1c(OC)cc1c3c(ccc12)C(C1=CN(C2CCCc4c2ccc2c4cc(OC)c4c(OC)cccc42)Cc2ccccc21)CCC3. The number of fused-ring (bicyclic) bond motifs is 11. The molecule has 0 radical (unpaired) electrons. The number of hydrogen-bond donors (Lipinski definition) is 0. The smallest absolute Gasteiger partial charge is 0.131 e. The molecular weight excluding hydrogens is 667 g/mol. The van der Waals surface area contributed by atoms with Crippen LogP contribution in [0.5, 0.6) is 23.0 Å². The van der Waals surface area contributed by atoms with Crippen LogP contribution in [0.25, 0.3) is 48.7 Å². The van der Waals surface area contributed by atoms with Crippen molar-refractivity contribution in [3.05, 3.63) is 137 Å². The summed E-state index contributed by atoms with van der Waals surface area (Å²) in [6.45, 7) is 0.905. The van der Waals surface area contributed by atoms with Crippen LogP contribution >= 0.6 is 0 Å². The second-order valence-electron chi connectivity index (χ2n) is 15.1. The maximum atomic E-state index is 6.03. The molecule has 2 aliphatic carbocycles. The van der Waals surface area contributed by atoms with Crippen molar-refractivity contribution in [2.24, 2.45) is 0 Å². The summed E-state index contributed by atoms with van der Waals surface area (Å²) in [5, 5.41) is 9.54. The minimum absolute atomic E-state index is 0.291. The Kier molecular flexibility index (Phi) is 7.94. The van der Waals surface area contributed by atoms with Gasteiger partial charge in [-0.25, -0.2) is 0 Å². The molecule has 0 N–H and O–H groups in total. The van der Waals surface area contributed by atoms with Gasteiger partial charge in [0.2, 0.25) is 0 Å². The van der Waals surface area contributed by atoms with E-state index in [9.17, 15) is 0 Å². The Labute approximate surface area is 316 Å². The zero-order chi connectivity index (χ0) is 36.5. The maximum Gasteiger partial charge on any atom is 0.131 e. The van der Waals surface area contributed by atoms with E-state index in [0.717, 1.165) is 78.8 Å². The van der Waals surface area contributed by atoms with Crippen LogP contribution in [0.15, 0.2) is 103 Å². The first-order chi connectivity index (χ1) is 26.6. The number of rotatable bonds is 6. The Bertz CT molecular complexity index is 2670. The van der Waals surface area contributed by atoms with Crippen molar-refractivity contribution in [2.75, 3.05) is 28.4 Å². The summed E-state index contributed by atoms with van der Waals surface area (Å²) >= 11 is 0. The number of nitrogens with zero attached hydrogens (tertiary/aromatic N) is 1. The predicted molar refractivity (Wildman–Crippen MR) is 220 cm³/mol. The first-order valence-electron chi connectivity index (χ1n) is 19.4. The molecule has 3 aliphatic rings. The molecule has 5 nitrogen and oxygen atoms in total. The summed E-state index contributed by atoms with van der Waals surface area (Å²) in [6.07, 6.45) is 9.23. The van der Waals surface area contributed by atoms with E-state index in [1.54, 1.807) is 28.4 Å². The lowest BCUT2D eigenvalue weighted by atomic mass is 9.73. The molecule has 5 heteroatoms. The Balaban J connectivity index is 1.11. The van der Waals surface area contributed by atoms with Crippen molar-refractivity contribution in [2.45, 2.75) is 57.0 Å². The first kappa shape index (κ1) is 32.9. The van der Waals surface area contributed by atoms with Crippen LogP contribution < -0.4 is 18.9 Å². The van der Waals surface area contributed by atoms with E-state index in [2.05, 4.69) is 96.0 Å².